The second-order valence-electron chi connectivity index (χ2n) is 9.81. The van der Waals surface area contributed by atoms with Gasteiger partial charge in [-0.15, -0.1) is 0 Å². The summed E-state index contributed by atoms with van der Waals surface area (Å²) in [4.78, 5) is 0. The molecule has 6 aromatic carbocycles. The van der Waals surface area contributed by atoms with Crippen molar-refractivity contribution < 1.29 is 4.57 Å². The Kier molecular flexibility index (Phi) is 8.24. The molecule has 1 N–H and O–H groups in total. The van der Waals surface area contributed by atoms with Crippen LogP contribution in [0.5, 0.6) is 0 Å². The Labute approximate surface area is 243 Å². The largest absolute Gasteiger partial charge is 0.371 e. The molecule has 200 valence electrons. The zero-order chi connectivity index (χ0) is 27.9. The number of nitrogens with one attached hydrogen (secondary N) is 1. The summed E-state index contributed by atoms with van der Waals surface area (Å²) in [6.45, 7) is 0. The molecule has 41 heavy (non-hydrogen) atoms. The average Bonchev–Trinajstić information content (AvgIpc) is 3.06. The molecule has 0 radical (unpaired) electrons. The summed E-state index contributed by atoms with van der Waals surface area (Å²) in [6.07, 6.45) is 0. The number of hydrogen-bond acceptors (Lipinski definition) is 2. The number of anilines is 1. The van der Waals surface area contributed by atoms with Crippen LogP contribution in [0, 0.1) is 0 Å². The summed E-state index contributed by atoms with van der Waals surface area (Å²) in [6, 6.07) is 60.0. The van der Waals surface area contributed by atoms with Crippen molar-refractivity contribution in [1.29, 1.82) is 0 Å². The van der Waals surface area contributed by atoms with E-state index in [4.69, 9.17) is 0 Å². The minimum absolute atomic E-state index is 0.474. The first kappa shape index (κ1) is 27.0. The zero-order valence-electron chi connectivity index (χ0n) is 22.6. The molecule has 0 bridgehead atoms. The molecule has 0 aromatic heterocycles. The molecule has 4 heteroatoms. The highest BCUT2D eigenvalue weighted by Gasteiger charge is 2.38. The van der Waals surface area contributed by atoms with E-state index >= 15 is 4.57 Å². The van der Waals surface area contributed by atoms with Gasteiger partial charge >= 0.3 is 0 Å². The number of rotatable bonds is 9. The Hall–Kier alpha value is -4.22. The van der Waals surface area contributed by atoms with Gasteiger partial charge in [0.2, 0.25) is 0 Å². The van der Waals surface area contributed by atoms with Crippen molar-refractivity contribution in [3.8, 4) is 0 Å². The third-order valence-electron chi connectivity index (χ3n) is 7.22. The van der Waals surface area contributed by atoms with Crippen LogP contribution in [-0.4, -0.2) is 0 Å². The van der Waals surface area contributed by atoms with Crippen molar-refractivity contribution in [3.05, 3.63) is 181 Å². The number of benzene rings is 6. The quantitative estimate of drug-likeness (QED) is 0.183. The van der Waals surface area contributed by atoms with Gasteiger partial charge in [0.25, 0.3) is 0 Å². The van der Waals surface area contributed by atoms with Gasteiger partial charge in [-0.1, -0.05) is 170 Å². The van der Waals surface area contributed by atoms with E-state index in [-0.39, 0.29) is 0 Å². The van der Waals surface area contributed by atoms with Gasteiger partial charge in [0.1, 0.15) is 5.78 Å². The van der Waals surface area contributed by atoms with E-state index in [1.54, 1.807) is 0 Å². The molecular weight excluding hydrogens is 536 g/mol. The van der Waals surface area contributed by atoms with Crippen LogP contribution in [0.3, 0.4) is 0 Å². The second-order valence-corrected chi connectivity index (χ2v) is 14.9. The van der Waals surface area contributed by atoms with E-state index in [1.807, 2.05) is 78.9 Å². The van der Waals surface area contributed by atoms with E-state index in [2.05, 4.69) is 102 Å². The predicted molar refractivity (Wildman–Crippen MR) is 178 cm³/mol. The molecule has 0 spiro atoms. The molecule has 1 unspecified atom stereocenters. The summed E-state index contributed by atoms with van der Waals surface area (Å²) in [5.74, 6) is -0.474. The fraction of sp³-hybridized carbons (Fsp3) is 0.0270. The van der Waals surface area contributed by atoms with Crippen LogP contribution >= 0.6 is 15.1 Å². The molecule has 0 aliphatic carbocycles. The van der Waals surface area contributed by atoms with Gasteiger partial charge in [-0.25, -0.2) is 0 Å². The lowest BCUT2D eigenvalue weighted by molar-refractivity contribution is 0.581. The van der Waals surface area contributed by atoms with Crippen LogP contribution < -0.4 is 31.8 Å². The maximum absolute atomic E-state index is 15.7. The summed E-state index contributed by atoms with van der Waals surface area (Å²) in [7, 11) is -4.08. The minimum Gasteiger partial charge on any atom is -0.371 e. The second kappa shape index (κ2) is 12.5. The lowest BCUT2D eigenvalue weighted by atomic mass is 10.2. The fourth-order valence-corrected chi connectivity index (χ4v) is 10.7. The first-order chi connectivity index (χ1) is 20.2. The Morgan fingerprint density at radius 2 is 0.854 bits per heavy atom. The molecule has 6 rings (SSSR count). The number of para-hydroxylation sites is 1. The summed E-state index contributed by atoms with van der Waals surface area (Å²) in [5.41, 5.74) is 1.98. The van der Waals surface area contributed by atoms with Crippen molar-refractivity contribution >= 4 is 47.3 Å². The fourth-order valence-electron chi connectivity index (χ4n) is 5.28. The van der Waals surface area contributed by atoms with E-state index in [0.29, 0.717) is 0 Å². The lowest BCUT2D eigenvalue weighted by Gasteiger charge is -2.32. The van der Waals surface area contributed by atoms with Crippen molar-refractivity contribution in [2.75, 3.05) is 5.32 Å². The topological polar surface area (TPSA) is 29.1 Å². The molecule has 0 amide bonds. The van der Waals surface area contributed by atoms with E-state index in [9.17, 15) is 0 Å². The van der Waals surface area contributed by atoms with Gasteiger partial charge in [0.05, 0.1) is 0 Å². The summed E-state index contributed by atoms with van der Waals surface area (Å²) < 4.78 is 15.7. The monoisotopic (exact) mass is 567 g/mol. The van der Waals surface area contributed by atoms with Gasteiger partial charge in [-0.3, -0.25) is 0 Å². The molecule has 0 fully saturated rings. The van der Waals surface area contributed by atoms with Gasteiger partial charge in [-0.05, 0) is 30.2 Å². The highest BCUT2D eigenvalue weighted by Crippen LogP contribution is 2.57. The Morgan fingerprint density at radius 1 is 0.463 bits per heavy atom. The molecule has 1 atom stereocenters. The third-order valence-corrected chi connectivity index (χ3v) is 13.0. The minimum atomic E-state index is -3.22. The van der Waals surface area contributed by atoms with Crippen LogP contribution in [0.2, 0.25) is 0 Å². The molecule has 2 nitrogen and oxygen atoms in total. The van der Waals surface area contributed by atoms with Gasteiger partial charge in [-0.2, -0.15) is 0 Å². The molecule has 0 aliphatic rings. The van der Waals surface area contributed by atoms with Gasteiger partial charge < -0.3 is 9.88 Å². The van der Waals surface area contributed by atoms with Crippen molar-refractivity contribution in [1.82, 2.24) is 0 Å². The normalized spacial score (nSPS) is 12.1. The first-order valence-corrected chi connectivity index (χ1v) is 16.9. The van der Waals surface area contributed by atoms with E-state index in [1.165, 1.54) is 15.9 Å². The van der Waals surface area contributed by atoms with E-state index < -0.39 is 20.8 Å². The first-order valence-electron chi connectivity index (χ1n) is 13.8. The zero-order valence-corrected chi connectivity index (χ0v) is 24.4. The number of hydrogen-bond donors (Lipinski definition) is 1. The molecular formula is C37H31NOP2. The highest BCUT2D eigenvalue weighted by molar-refractivity contribution is 7.80. The molecule has 0 aliphatic heterocycles. The van der Waals surface area contributed by atoms with E-state index in [0.717, 1.165) is 21.9 Å². The standard InChI is InChI=1S/C37H31NOP2/c39-41(33-24-12-4-13-25-33,34-26-14-5-15-27-34)37(30-18-6-1-7-19-30)38-35-28-16-17-29-36(35)40(31-20-8-2-9-21-31)32-22-10-3-11-23-32/h1-29,37-38H. The predicted octanol–water partition coefficient (Wildman–Crippen LogP) is 7.57. The van der Waals surface area contributed by atoms with Crippen LogP contribution in [0.15, 0.2) is 176 Å². The van der Waals surface area contributed by atoms with Crippen LogP contribution in [0.25, 0.3) is 0 Å². The summed E-state index contributed by atoms with van der Waals surface area (Å²) in [5, 5.41) is 9.28. The van der Waals surface area contributed by atoms with Crippen LogP contribution in [-0.2, 0) is 4.57 Å². The summed E-state index contributed by atoms with van der Waals surface area (Å²) >= 11 is 0. The SMILES string of the molecule is O=P(c1ccccc1)(c1ccccc1)C(Nc1ccccc1P(c1ccccc1)c1ccccc1)c1ccccc1. The van der Waals surface area contributed by atoms with Crippen LogP contribution in [0.4, 0.5) is 5.69 Å². The Bertz CT molecular complexity index is 1640. The molecule has 0 heterocycles. The Balaban J connectivity index is 1.55. The average molecular weight is 568 g/mol. The lowest BCUT2D eigenvalue weighted by Crippen LogP contribution is -2.28. The van der Waals surface area contributed by atoms with Crippen molar-refractivity contribution in [3.63, 3.8) is 0 Å². The maximum Gasteiger partial charge on any atom is 0.168 e. The molecule has 0 saturated heterocycles. The van der Waals surface area contributed by atoms with Crippen LogP contribution in [0.1, 0.15) is 11.3 Å². The van der Waals surface area contributed by atoms with Crippen molar-refractivity contribution in [2.24, 2.45) is 0 Å². The molecule has 0 saturated carbocycles. The van der Waals surface area contributed by atoms with Gasteiger partial charge in [0, 0.05) is 21.6 Å². The smallest absolute Gasteiger partial charge is 0.168 e. The van der Waals surface area contributed by atoms with Crippen molar-refractivity contribution in [2.45, 2.75) is 5.78 Å². The maximum atomic E-state index is 15.7. The molecule has 6 aromatic rings. The Morgan fingerprint density at radius 3 is 1.34 bits per heavy atom. The third kappa shape index (κ3) is 5.68. The van der Waals surface area contributed by atoms with Gasteiger partial charge in [0.15, 0.2) is 7.14 Å². The highest BCUT2D eigenvalue weighted by atomic mass is 31.2.